The molecule has 0 saturated heterocycles. The normalized spacial score (nSPS) is 14.5. The van der Waals surface area contributed by atoms with Gasteiger partial charge in [0.15, 0.2) is 5.82 Å². The molecule has 0 radical (unpaired) electrons. The van der Waals surface area contributed by atoms with Crippen molar-refractivity contribution in [2.75, 3.05) is 13.1 Å². The molecule has 1 aromatic heterocycles. The van der Waals surface area contributed by atoms with Crippen LogP contribution in [0.1, 0.15) is 36.5 Å². The number of rotatable bonds is 5. The molecule has 1 amide bonds. The molecular formula is C18H21N3O3. The minimum Gasteiger partial charge on any atom is -0.508 e. The highest BCUT2D eigenvalue weighted by molar-refractivity contribution is 5.78. The molecule has 0 atom stereocenters. The molecule has 6 heteroatoms. The maximum atomic E-state index is 12.3. The third-order valence-electron chi connectivity index (χ3n) is 4.15. The van der Waals surface area contributed by atoms with Gasteiger partial charge in [-0.25, -0.2) is 0 Å². The van der Waals surface area contributed by atoms with Crippen molar-refractivity contribution in [3.63, 3.8) is 0 Å². The Labute approximate surface area is 140 Å². The van der Waals surface area contributed by atoms with E-state index in [9.17, 15) is 9.90 Å². The van der Waals surface area contributed by atoms with Crippen molar-refractivity contribution in [3.05, 3.63) is 47.6 Å². The fourth-order valence-electron chi connectivity index (χ4n) is 2.82. The molecule has 2 aromatic rings. The van der Waals surface area contributed by atoms with Crippen LogP contribution in [0, 0.1) is 6.92 Å². The summed E-state index contributed by atoms with van der Waals surface area (Å²) in [6, 6.07) is 7.19. The van der Waals surface area contributed by atoms with Crippen LogP contribution in [0.3, 0.4) is 0 Å². The fraction of sp³-hybridized carbons (Fsp3) is 0.389. The summed E-state index contributed by atoms with van der Waals surface area (Å²) in [6.07, 6.45) is 4.76. The minimum absolute atomic E-state index is 0.159. The van der Waals surface area contributed by atoms with E-state index >= 15 is 0 Å². The maximum absolute atomic E-state index is 12.3. The summed E-state index contributed by atoms with van der Waals surface area (Å²) in [5, 5.41) is 13.1. The Kier molecular flexibility index (Phi) is 4.93. The predicted octanol–water partition coefficient (Wildman–Crippen LogP) is 2.72. The Morgan fingerprint density at radius 3 is 2.75 bits per heavy atom. The Bertz CT molecular complexity index is 734. The number of carbonyl (C=O) groups is 1. The molecule has 126 valence electrons. The number of aryl methyl sites for hydroxylation is 2. The van der Waals surface area contributed by atoms with Crippen LogP contribution in [-0.4, -0.2) is 39.1 Å². The second kappa shape index (κ2) is 7.29. The van der Waals surface area contributed by atoms with Gasteiger partial charge in [-0.3, -0.25) is 4.79 Å². The third kappa shape index (κ3) is 4.01. The summed E-state index contributed by atoms with van der Waals surface area (Å²) in [6.45, 7) is 3.14. The van der Waals surface area contributed by atoms with Crippen LogP contribution >= 0.6 is 0 Å². The van der Waals surface area contributed by atoms with Gasteiger partial charge >= 0.3 is 0 Å². The van der Waals surface area contributed by atoms with Crippen LogP contribution in [-0.2, 0) is 11.2 Å². The standard InChI is InChI=1S/C18H21N3O3/c1-13-19-17(24-20-13)3-2-4-18(23)21-11-9-15(10-12-21)14-5-7-16(22)8-6-14/h5-9,22H,2-4,10-12H2,1H3. The first-order valence-electron chi connectivity index (χ1n) is 8.17. The highest BCUT2D eigenvalue weighted by Crippen LogP contribution is 2.24. The number of phenols is 1. The lowest BCUT2D eigenvalue weighted by molar-refractivity contribution is -0.130. The van der Waals surface area contributed by atoms with Crippen molar-refractivity contribution >= 4 is 11.5 Å². The van der Waals surface area contributed by atoms with Crippen LogP contribution in [0.4, 0.5) is 0 Å². The SMILES string of the molecule is Cc1noc(CCCC(=O)N2CC=C(c3ccc(O)cc3)CC2)n1. The average molecular weight is 327 g/mol. The van der Waals surface area contributed by atoms with E-state index in [2.05, 4.69) is 16.2 Å². The molecule has 0 fully saturated rings. The maximum Gasteiger partial charge on any atom is 0.226 e. The molecule has 24 heavy (non-hydrogen) atoms. The third-order valence-corrected chi connectivity index (χ3v) is 4.15. The number of aromatic hydroxyl groups is 1. The van der Waals surface area contributed by atoms with Crippen LogP contribution in [0.15, 0.2) is 34.9 Å². The predicted molar refractivity (Wildman–Crippen MR) is 89.3 cm³/mol. The van der Waals surface area contributed by atoms with E-state index in [1.54, 1.807) is 19.1 Å². The smallest absolute Gasteiger partial charge is 0.226 e. The van der Waals surface area contributed by atoms with E-state index in [1.165, 1.54) is 5.57 Å². The molecule has 1 aromatic carbocycles. The minimum atomic E-state index is 0.159. The van der Waals surface area contributed by atoms with Crippen LogP contribution in [0.25, 0.3) is 5.57 Å². The molecular weight excluding hydrogens is 306 g/mol. The largest absolute Gasteiger partial charge is 0.508 e. The first kappa shape index (κ1) is 16.2. The summed E-state index contributed by atoms with van der Waals surface area (Å²) in [4.78, 5) is 18.3. The topological polar surface area (TPSA) is 79.5 Å². The van der Waals surface area contributed by atoms with Gasteiger partial charge in [-0.2, -0.15) is 4.98 Å². The van der Waals surface area contributed by atoms with E-state index < -0.39 is 0 Å². The Hall–Kier alpha value is -2.63. The van der Waals surface area contributed by atoms with E-state index in [4.69, 9.17) is 4.52 Å². The number of hydrogen-bond donors (Lipinski definition) is 1. The van der Waals surface area contributed by atoms with E-state index in [1.807, 2.05) is 17.0 Å². The lowest BCUT2D eigenvalue weighted by atomic mass is 9.99. The molecule has 0 bridgehead atoms. The van der Waals surface area contributed by atoms with Gasteiger partial charge < -0.3 is 14.5 Å². The number of nitrogens with zero attached hydrogens (tertiary/aromatic N) is 3. The van der Waals surface area contributed by atoms with Crippen LogP contribution in [0.5, 0.6) is 5.75 Å². The summed E-state index contributed by atoms with van der Waals surface area (Å²) < 4.78 is 5.05. The van der Waals surface area contributed by atoms with Gasteiger partial charge in [0.25, 0.3) is 0 Å². The van der Waals surface area contributed by atoms with Crippen molar-refractivity contribution in [2.24, 2.45) is 0 Å². The van der Waals surface area contributed by atoms with Gasteiger partial charge in [-0.15, -0.1) is 0 Å². The van der Waals surface area contributed by atoms with Crippen molar-refractivity contribution in [3.8, 4) is 5.75 Å². The van der Waals surface area contributed by atoms with Crippen molar-refractivity contribution < 1.29 is 14.4 Å². The quantitative estimate of drug-likeness (QED) is 0.913. The zero-order valence-corrected chi connectivity index (χ0v) is 13.7. The second-order valence-corrected chi connectivity index (χ2v) is 5.95. The zero-order valence-electron chi connectivity index (χ0n) is 13.7. The molecule has 3 rings (SSSR count). The molecule has 1 N–H and O–H groups in total. The highest BCUT2D eigenvalue weighted by Gasteiger charge is 2.18. The number of phenolic OH excluding ortho intramolecular Hbond substituents is 1. The molecule has 1 aliphatic rings. The zero-order chi connectivity index (χ0) is 16.9. The van der Waals surface area contributed by atoms with Gasteiger partial charge in [0.05, 0.1) is 0 Å². The van der Waals surface area contributed by atoms with E-state index in [0.717, 1.165) is 18.5 Å². The van der Waals surface area contributed by atoms with Gasteiger partial charge in [0.2, 0.25) is 11.8 Å². The number of benzene rings is 1. The summed E-state index contributed by atoms with van der Waals surface area (Å²) in [5.74, 6) is 1.64. The average Bonchev–Trinajstić information content (AvgIpc) is 3.01. The number of hydrogen-bond acceptors (Lipinski definition) is 5. The molecule has 1 aliphatic heterocycles. The number of amides is 1. The van der Waals surface area contributed by atoms with Crippen LogP contribution < -0.4 is 0 Å². The molecule has 0 unspecified atom stereocenters. The first-order valence-corrected chi connectivity index (χ1v) is 8.17. The Morgan fingerprint density at radius 1 is 1.33 bits per heavy atom. The van der Waals surface area contributed by atoms with Gasteiger partial charge in [0, 0.05) is 25.9 Å². The summed E-state index contributed by atoms with van der Waals surface area (Å²) >= 11 is 0. The number of aromatic nitrogens is 2. The van der Waals surface area contributed by atoms with Crippen molar-refractivity contribution in [1.29, 1.82) is 0 Å². The second-order valence-electron chi connectivity index (χ2n) is 5.95. The lowest BCUT2D eigenvalue weighted by Gasteiger charge is -2.26. The van der Waals surface area contributed by atoms with E-state index in [-0.39, 0.29) is 11.7 Å². The molecule has 2 heterocycles. The monoisotopic (exact) mass is 327 g/mol. The summed E-state index contributed by atoms with van der Waals surface area (Å²) in [5.41, 5.74) is 2.33. The van der Waals surface area contributed by atoms with Gasteiger partial charge in [-0.1, -0.05) is 23.4 Å². The van der Waals surface area contributed by atoms with E-state index in [0.29, 0.717) is 37.5 Å². The lowest BCUT2D eigenvalue weighted by Crippen LogP contribution is -2.34. The summed E-state index contributed by atoms with van der Waals surface area (Å²) in [7, 11) is 0. The molecule has 6 nitrogen and oxygen atoms in total. The van der Waals surface area contributed by atoms with Crippen LogP contribution in [0.2, 0.25) is 0 Å². The Balaban J connectivity index is 1.48. The van der Waals surface area contributed by atoms with Gasteiger partial charge in [-0.05, 0) is 43.0 Å². The fourth-order valence-corrected chi connectivity index (χ4v) is 2.82. The molecule has 0 aliphatic carbocycles. The Morgan fingerprint density at radius 2 is 2.12 bits per heavy atom. The van der Waals surface area contributed by atoms with Crippen molar-refractivity contribution in [2.45, 2.75) is 32.6 Å². The number of carbonyl (C=O) groups excluding carboxylic acids is 1. The first-order chi connectivity index (χ1) is 11.6. The molecule has 0 saturated carbocycles. The highest BCUT2D eigenvalue weighted by atomic mass is 16.5. The van der Waals surface area contributed by atoms with Crippen molar-refractivity contribution in [1.82, 2.24) is 15.0 Å². The van der Waals surface area contributed by atoms with Gasteiger partial charge in [0.1, 0.15) is 5.75 Å². The molecule has 0 spiro atoms.